The average molecular weight is 225 g/mol. The van der Waals surface area contributed by atoms with Crippen LogP contribution in [0.3, 0.4) is 0 Å². The van der Waals surface area contributed by atoms with E-state index < -0.39 is 0 Å². The Morgan fingerprint density at radius 3 is 2.44 bits per heavy atom. The highest BCUT2D eigenvalue weighted by Crippen LogP contribution is 2.36. The van der Waals surface area contributed by atoms with E-state index in [0.717, 1.165) is 44.2 Å². The summed E-state index contributed by atoms with van der Waals surface area (Å²) in [7, 11) is 0. The van der Waals surface area contributed by atoms with Crippen LogP contribution in [0.4, 0.5) is 0 Å². The van der Waals surface area contributed by atoms with Crippen LogP contribution in [-0.4, -0.2) is 23.8 Å². The zero-order valence-corrected chi connectivity index (χ0v) is 10.7. The largest absolute Gasteiger partial charge is 0.389 e. The minimum absolute atomic E-state index is 0.387. The van der Waals surface area contributed by atoms with Crippen molar-refractivity contribution in [2.45, 2.75) is 63.9 Å². The molecule has 2 rings (SSSR count). The highest BCUT2D eigenvalue weighted by atomic mass is 16.3. The van der Waals surface area contributed by atoms with Gasteiger partial charge in [-0.05, 0) is 37.6 Å². The molecule has 2 fully saturated rings. The molecule has 1 heterocycles. The van der Waals surface area contributed by atoms with E-state index in [1.54, 1.807) is 0 Å². The summed E-state index contributed by atoms with van der Waals surface area (Å²) in [6, 6.07) is 0. The Balaban J connectivity index is 1.77. The summed E-state index contributed by atoms with van der Waals surface area (Å²) in [5, 5.41) is 13.8. The second kappa shape index (κ2) is 5.50. The summed E-state index contributed by atoms with van der Waals surface area (Å²) in [5.41, 5.74) is -0.387. The summed E-state index contributed by atoms with van der Waals surface area (Å²) in [6.45, 7) is 4.22. The van der Waals surface area contributed by atoms with E-state index in [4.69, 9.17) is 0 Å². The van der Waals surface area contributed by atoms with Crippen molar-refractivity contribution in [3.05, 3.63) is 0 Å². The van der Waals surface area contributed by atoms with Gasteiger partial charge in [0.05, 0.1) is 5.60 Å². The Morgan fingerprint density at radius 1 is 1.19 bits per heavy atom. The number of hydrogen-bond donors (Lipinski definition) is 2. The van der Waals surface area contributed by atoms with Crippen molar-refractivity contribution in [2.75, 3.05) is 13.1 Å². The quantitative estimate of drug-likeness (QED) is 0.774. The second-order valence-corrected chi connectivity index (χ2v) is 6.00. The maximum atomic E-state index is 10.5. The number of rotatable bonds is 3. The van der Waals surface area contributed by atoms with Gasteiger partial charge >= 0.3 is 0 Å². The maximum Gasteiger partial charge on any atom is 0.0774 e. The lowest BCUT2D eigenvalue weighted by molar-refractivity contribution is -0.0122. The zero-order valence-electron chi connectivity index (χ0n) is 10.7. The van der Waals surface area contributed by atoms with Crippen LogP contribution in [0.2, 0.25) is 0 Å². The lowest BCUT2D eigenvalue weighted by Gasteiger charge is -2.38. The molecule has 0 bridgehead atoms. The van der Waals surface area contributed by atoms with Gasteiger partial charge in [-0.1, -0.05) is 39.0 Å². The van der Waals surface area contributed by atoms with Gasteiger partial charge in [0.15, 0.2) is 0 Å². The molecule has 0 spiro atoms. The normalized spacial score (nSPS) is 40.9. The second-order valence-electron chi connectivity index (χ2n) is 6.00. The van der Waals surface area contributed by atoms with E-state index in [9.17, 15) is 5.11 Å². The Hall–Kier alpha value is -0.0800. The van der Waals surface area contributed by atoms with Gasteiger partial charge in [-0.15, -0.1) is 0 Å². The van der Waals surface area contributed by atoms with E-state index in [1.165, 1.54) is 32.1 Å². The van der Waals surface area contributed by atoms with Crippen molar-refractivity contribution in [1.82, 2.24) is 5.32 Å². The molecule has 2 aliphatic rings. The molecule has 0 aromatic carbocycles. The lowest BCUT2D eigenvalue weighted by Crippen LogP contribution is -2.47. The molecule has 2 N–H and O–H groups in total. The van der Waals surface area contributed by atoms with Crippen molar-refractivity contribution in [1.29, 1.82) is 0 Å². The molecule has 2 nitrogen and oxygen atoms in total. The van der Waals surface area contributed by atoms with E-state index in [1.807, 2.05) is 0 Å². The predicted molar refractivity (Wildman–Crippen MR) is 67.4 cm³/mol. The van der Waals surface area contributed by atoms with Crippen molar-refractivity contribution in [3.8, 4) is 0 Å². The van der Waals surface area contributed by atoms with Gasteiger partial charge < -0.3 is 10.4 Å². The monoisotopic (exact) mass is 225 g/mol. The molecular weight excluding hydrogens is 198 g/mol. The molecule has 1 aliphatic carbocycles. The number of nitrogens with one attached hydrogen (secondary N) is 1. The van der Waals surface area contributed by atoms with Crippen LogP contribution in [0.25, 0.3) is 0 Å². The smallest absolute Gasteiger partial charge is 0.0774 e. The molecule has 1 atom stereocenters. The molecule has 1 aliphatic heterocycles. The topological polar surface area (TPSA) is 32.3 Å². The highest BCUT2D eigenvalue weighted by Gasteiger charge is 2.33. The van der Waals surface area contributed by atoms with Gasteiger partial charge in [0.2, 0.25) is 0 Å². The first-order valence-corrected chi connectivity index (χ1v) is 7.15. The van der Waals surface area contributed by atoms with Gasteiger partial charge in [-0.25, -0.2) is 0 Å². The fourth-order valence-corrected chi connectivity index (χ4v) is 3.51. The van der Waals surface area contributed by atoms with Crippen molar-refractivity contribution < 1.29 is 5.11 Å². The molecule has 0 radical (unpaired) electrons. The SMILES string of the molecule is CCC1CCC(CC2(O)CCCNC2)CC1. The van der Waals surface area contributed by atoms with E-state index in [-0.39, 0.29) is 5.60 Å². The fourth-order valence-electron chi connectivity index (χ4n) is 3.51. The van der Waals surface area contributed by atoms with Crippen LogP contribution in [0.5, 0.6) is 0 Å². The van der Waals surface area contributed by atoms with Gasteiger partial charge in [-0.3, -0.25) is 0 Å². The van der Waals surface area contributed by atoms with Gasteiger partial charge in [0, 0.05) is 6.54 Å². The highest BCUT2D eigenvalue weighted by molar-refractivity contribution is 4.88. The average Bonchev–Trinajstić information content (AvgIpc) is 2.30. The van der Waals surface area contributed by atoms with Gasteiger partial charge in [-0.2, -0.15) is 0 Å². The maximum absolute atomic E-state index is 10.5. The standard InChI is InChI=1S/C14H27NO/c1-2-12-4-6-13(7-5-12)10-14(16)8-3-9-15-11-14/h12-13,15-16H,2-11H2,1H3. The van der Waals surface area contributed by atoms with E-state index in [0.29, 0.717) is 0 Å². The Morgan fingerprint density at radius 2 is 1.88 bits per heavy atom. The Bertz CT molecular complexity index is 203. The number of piperidine rings is 1. The first-order valence-electron chi connectivity index (χ1n) is 7.15. The molecule has 1 saturated heterocycles. The minimum atomic E-state index is -0.387. The summed E-state index contributed by atoms with van der Waals surface area (Å²) in [4.78, 5) is 0. The Labute approximate surface area is 99.8 Å². The van der Waals surface area contributed by atoms with Crippen LogP contribution in [-0.2, 0) is 0 Å². The number of hydrogen-bond acceptors (Lipinski definition) is 2. The molecule has 94 valence electrons. The first-order chi connectivity index (χ1) is 7.72. The van der Waals surface area contributed by atoms with Crippen molar-refractivity contribution >= 4 is 0 Å². The molecule has 0 aromatic rings. The van der Waals surface area contributed by atoms with Crippen molar-refractivity contribution in [3.63, 3.8) is 0 Å². The van der Waals surface area contributed by atoms with Crippen LogP contribution in [0.1, 0.15) is 58.3 Å². The summed E-state index contributed by atoms with van der Waals surface area (Å²) < 4.78 is 0. The third-order valence-corrected chi connectivity index (χ3v) is 4.66. The first kappa shape index (κ1) is 12.4. The van der Waals surface area contributed by atoms with Crippen molar-refractivity contribution in [2.24, 2.45) is 11.8 Å². The molecular formula is C14H27NO. The molecule has 16 heavy (non-hydrogen) atoms. The predicted octanol–water partition coefficient (Wildman–Crippen LogP) is 2.71. The van der Waals surface area contributed by atoms with Gasteiger partial charge in [0.1, 0.15) is 0 Å². The molecule has 2 heteroatoms. The van der Waals surface area contributed by atoms with Crippen LogP contribution in [0.15, 0.2) is 0 Å². The summed E-state index contributed by atoms with van der Waals surface area (Å²) in [6.07, 6.45) is 10.0. The molecule has 0 aromatic heterocycles. The van der Waals surface area contributed by atoms with Gasteiger partial charge in [0.25, 0.3) is 0 Å². The summed E-state index contributed by atoms with van der Waals surface area (Å²) in [5.74, 6) is 1.75. The molecule has 0 amide bonds. The van der Waals surface area contributed by atoms with E-state index >= 15 is 0 Å². The number of aliphatic hydroxyl groups is 1. The third kappa shape index (κ3) is 3.21. The molecule has 1 saturated carbocycles. The molecule has 1 unspecified atom stereocenters. The van der Waals surface area contributed by atoms with E-state index in [2.05, 4.69) is 12.2 Å². The summed E-state index contributed by atoms with van der Waals surface area (Å²) >= 11 is 0. The van der Waals surface area contributed by atoms with Crippen LogP contribution < -0.4 is 5.32 Å². The lowest BCUT2D eigenvalue weighted by atomic mass is 9.74. The van der Waals surface area contributed by atoms with Crippen LogP contribution >= 0.6 is 0 Å². The Kier molecular flexibility index (Phi) is 4.26. The minimum Gasteiger partial charge on any atom is -0.389 e. The number of β-amino-alcohol motifs (C(OH)–C–C–N with tert-alkyl or cyclic N) is 1. The fraction of sp³-hybridized carbons (Fsp3) is 1.00. The third-order valence-electron chi connectivity index (χ3n) is 4.66. The van der Waals surface area contributed by atoms with Crippen LogP contribution in [0, 0.1) is 11.8 Å². The zero-order chi connectivity index (χ0) is 11.4.